The van der Waals surface area contributed by atoms with Crippen molar-refractivity contribution in [3.8, 4) is 0 Å². The predicted octanol–water partition coefficient (Wildman–Crippen LogP) is 1.66. The lowest BCUT2D eigenvalue weighted by molar-refractivity contribution is -0.141. The van der Waals surface area contributed by atoms with E-state index in [4.69, 9.17) is 0 Å². The lowest BCUT2D eigenvalue weighted by Gasteiger charge is -2.38. The summed E-state index contributed by atoms with van der Waals surface area (Å²) in [6.45, 7) is 4.36. The molecule has 1 aromatic rings. The van der Waals surface area contributed by atoms with Crippen LogP contribution in [0.25, 0.3) is 0 Å². The van der Waals surface area contributed by atoms with E-state index >= 15 is 0 Å². The molecule has 0 saturated heterocycles. The molecule has 2 aliphatic carbocycles. The van der Waals surface area contributed by atoms with Gasteiger partial charge < -0.3 is 14.8 Å². The number of aromatic nitrogens is 2. The molecule has 2 fully saturated rings. The summed E-state index contributed by atoms with van der Waals surface area (Å²) in [4.78, 5) is 31.2. The molecule has 0 bridgehead atoms. The van der Waals surface area contributed by atoms with Gasteiger partial charge in [-0.25, -0.2) is 4.98 Å². The van der Waals surface area contributed by atoms with Crippen LogP contribution in [0.3, 0.4) is 0 Å². The van der Waals surface area contributed by atoms with Crippen LogP contribution >= 0.6 is 0 Å². The van der Waals surface area contributed by atoms with Gasteiger partial charge in [-0.15, -0.1) is 0 Å². The smallest absolute Gasteiger partial charge is 0.226 e. The van der Waals surface area contributed by atoms with Gasteiger partial charge in [-0.2, -0.15) is 0 Å². The molecular weight excluding hydrogens is 304 g/mol. The van der Waals surface area contributed by atoms with E-state index in [1.54, 1.807) is 0 Å². The van der Waals surface area contributed by atoms with Crippen molar-refractivity contribution in [2.24, 2.45) is 11.8 Å². The van der Waals surface area contributed by atoms with Crippen molar-refractivity contribution in [3.63, 3.8) is 0 Å². The molecule has 0 radical (unpaired) electrons. The van der Waals surface area contributed by atoms with Crippen molar-refractivity contribution in [3.05, 3.63) is 17.7 Å². The Morgan fingerprint density at radius 3 is 2.71 bits per heavy atom. The highest BCUT2D eigenvalue weighted by Gasteiger charge is 2.35. The summed E-state index contributed by atoms with van der Waals surface area (Å²) in [5.74, 6) is 2.16. The fourth-order valence-electron chi connectivity index (χ4n) is 3.63. The minimum atomic E-state index is -0.00451. The van der Waals surface area contributed by atoms with Gasteiger partial charge >= 0.3 is 0 Å². The second-order valence-electron chi connectivity index (χ2n) is 7.54. The molecule has 2 heterocycles. The van der Waals surface area contributed by atoms with Crippen molar-refractivity contribution < 1.29 is 9.59 Å². The summed E-state index contributed by atoms with van der Waals surface area (Å²) in [6, 6.07) is -0.00451. The summed E-state index contributed by atoms with van der Waals surface area (Å²) >= 11 is 0. The average Bonchev–Trinajstić information content (AvgIpc) is 3.23. The van der Waals surface area contributed by atoms with E-state index in [2.05, 4.69) is 14.9 Å². The van der Waals surface area contributed by atoms with Gasteiger partial charge in [0.15, 0.2) is 0 Å². The standard InChI is InChI=1S/C18H26N4O2/c1-12-17-20-15(9-16(23)19-10-13-5-6-13)11-21(17)7-8-22(12)18(24)14-3-2-4-14/h11-14H,2-10H2,1H3,(H,19,23)/t12-/m0/s1. The minimum Gasteiger partial charge on any atom is -0.355 e. The zero-order valence-electron chi connectivity index (χ0n) is 14.3. The highest BCUT2D eigenvalue weighted by atomic mass is 16.2. The molecule has 1 atom stereocenters. The van der Waals surface area contributed by atoms with Crippen molar-refractivity contribution in [2.75, 3.05) is 13.1 Å². The first kappa shape index (κ1) is 15.7. The van der Waals surface area contributed by atoms with Gasteiger partial charge in [-0.3, -0.25) is 9.59 Å². The number of hydrogen-bond donors (Lipinski definition) is 1. The molecule has 130 valence electrons. The van der Waals surface area contributed by atoms with Crippen LogP contribution in [0.1, 0.15) is 56.6 Å². The topological polar surface area (TPSA) is 67.2 Å². The molecule has 24 heavy (non-hydrogen) atoms. The Labute approximate surface area is 142 Å². The van der Waals surface area contributed by atoms with E-state index < -0.39 is 0 Å². The second-order valence-corrected chi connectivity index (χ2v) is 7.54. The molecule has 3 aliphatic rings. The number of amides is 2. The van der Waals surface area contributed by atoms with Crippen molar-refractivity contribution in [1.82, 2.24) is 19.8 Å². The Hall–Kier alpha value is -1.85. The highest BCUT2D eigenvalue weighted by molar-refractivity contribution is 5.80. The van der Waals surface area contributed by atoms with Crippen LogP contribution < -0.4 is 5.32 Å². The first-order chi connectivity index (χ1) is 11.6. The van der Waals surface area contributed by atoms with Crippen molar-refractivity contribution in [1.29, 1.82) is 0 Å². The van der Waals surface area contributed by atoms with Gasteiger partial charge in [0.05, 0.1) is 18.2 Å². The number of carbonyl (C=O) groups is 2. The van der Waals surface area contributed by atoms with Crippen LogP contribution in [-0.2, 0) is 22.6 Å². The Balaban J connectivity index is 1.40. The minimum absolute atomic E-state index is 0.00451. The fraction of sp³-hybridized carbons (Fsp3) is 0.722. The third-order valence-corrected chi connectivity index (χ3v) is 5.64. The monoisotopic (exact) mass is 330 g/mol. The number of rotatable bonds is 5. The maximum absolute atomic E-state index is 12.6. The average molecular weight is 330 g/mol. The number of hydrogen-bond acceptors (Lipinski definition) is 3. The highest BCUT2D eigenvalue weighted by Crippen LogP contribution is 2.33. The lowest BCUT2D eigenvalue weighted by atomic mass is 9.84. The SMILES string of the molecule is C[C@H]1c2nc(CC(=O)NCC3CC3)cn2CCN1C(=O)C1CCC1. The first-order valence-electron chi connectivity index (χ1n) is 9.25. The van der Waals surface area contributed by atoms with Gasteiger partial charge in [-0.05, 0) is 38.5 Å². The van der Waals surface area contributed by atoms with E-state index in [0.717, 1.165) is 44.0 Å². The van der Waals surface area contributed by atoms with Gasteiger partial charge in [0.25, 0.3) is 0 Å². The van der Waals surface area contributed by atoms with Gasteiger partial charge in [0.2, 0.25) is 11.8 Å². The van der Waals surface area contributed by atoms with Crippen molar-refractivity contribution in [2.45, 2.75) is 58.0 Å². The summed E-state index contributed by atoms with van der Waals surface area (Å²) in [7, 11) is 0. The molecule has 2 amide bonds. The maximum Gasteiger partial charge on any atom is 0.226 e. The zero-order valence-corrected chi connectivity index (χ0v) is 14.3. The van der Waals surface area contributed by atoms with Crippen LogP contribution in [0, 0.1) is 11.8 Å². The fourth-order valence-corrected chi connectivity index (χ4v) is 3.63. The molecule has 1 N–H and O–H groups in total. The maximum atomic E-state index is 12.6. The van der Waals surface area contributed by atoms with Crippen LogP contribution in [-0.4, -0.2) is 39.4 Å². The third kappa shape index (κ3) is 3.06. The first-order valence-corrected chi connectivity index (χ1v) is 9.25. The van der Waals surface area contributed by atoms with Gasteiger partial charge in [0.1, 0.15) is 5.82 Å². The molecule has 2 saturated carbocycles. The molecule has 4 rings (SSSR count). The zero-order chi connectivity index (χ0) is 16.7. The summed E-state index contributed by atoms with van der Waals surface area (Å²) in [6.07, 6.45) is 8.02. The summed E-state index contributed by atoms with van der Waals surface area (Å²) in [5.41, 5.74) is 0.808. The van der Waals surface area contributed by atoms with E-state index in [0.29, 0.717) is 12.3 Å². The number of fused-ring (bicyclic) bond motifs is 1. The predicted molar refractivity (Wildman–Crippen MR) is 89.1 cm³/mol. The lowest BCUT2D eigenvalue weighted by Crippen LogP contribution is -2.45. The van der Waals surface area contributed by atoms with E-state index in [-0.39, 0.29) is 23.8 Å². The molecule has 1 aromatic heterocycles. The summed E-state index contributed by atoms with van der Waals surface area (Å²) in [5, 5.41) is 2.99. The summed E-state index contributed by atoms with van der Waals surface area (Å²) < 4.78 is 2.11. The quantitative estimate of drug-likeness (QED) is 0.893. The molecule has 0 unspecified atom stereocenters. The Morgan fingerprint density at radius 2 is 2.04 bits per heavy atom. The molecule has 6 nitrogen and oxygen atoms in total. The largest absolute Gasteiger partial charge is 0.355 e. The van der Waals surface area contributed by atoms with Crippen molar-refractivity contribution >= 4 is 11.8 Å². The molecular formula is C18H26N4O2. The van der Waals surface area contributed by atoms with E-state index in [1.807, 2.05) is 18.0 Å². The molecule has 0 spiro atoms. The van der Waals surface area contributed by atoms with E-state index in [1.165, 1.54) is 19.3 Å². The van der Waals surface area contributed by atoms with E-state index in [9.17, 15) is 9.59 Å². The van der Waals surface area contributed by atoms with Crippen LogP contribution in [0.4, 0.5) is 0 Å². The molecule has 6 heteroatoms. The number of imidazole rings is 1. The Bertz CT molecular complexity index is 645. The molecule has 0 aromatic carbocycles. The second kappa shape index (κ2) is 6.22. The van der Waals surface area contributed by atoms with Gasteiger partial charge in [0, 0.05) is 31.7 Å². The Morgan fingerprint density at radius 1 is 1.25 bits per heavy atom. The number of carbonyl (C=O) groups excluding carboxylic acids is 2. The molecule has 1 aliphatic heterocycles. The van der Waals surface area contributed by atoms with Crippen LogP contribution in [0.15, 0.2) is 6.20 Å². The van der Waals surface area contributed by atoms with Gasteiger partial charge in [-0.1, -0.05) is 6.42 Å². The van der Waals surface area contributed by atoms with Crippen LogP contribution in [0.5, 0.6) is 0 Å². The normalized spacial score (nSPS) is 23.5. The Kier molecular flexibility index (Phi) is 4.06. The van der Waals surface area contributed by atoms with Crippen LogP contribution in [0.2, 0.25) is 0 Å². The number of nitrogens with one attached hydrogen (secondary N) is 1. The third-order valence-electron chi connectivity index (χ3n) is 5.64. The number of nitrogens with zero attached hydrogens (tertiary/aromatic N) is 3.